The zero-order valence-electron chi connectivity index (χ0n) is 18.5. The molecule has 0 aromatic heterocycles. The van der Waals surface area contributed by atoms with Crippen molar-refractivity contribution in [3.8, 4) is 0 Å². The van der Waals surface area contributed by atoms with Crippen LogP contribution in [-0.4, -0.2) is 23.9 Å². The number of hydrogen-bond donors (Lipinski definition) is 0. The number of halogens is 2. The normalized spacial score (nSPS) is 16.4. The Morgan fingerprint density at radius 2 is 1.42 bits per heavy atom. The number of benzene rings is 3. The molecule has 2 aliphatic rings. The Kier molecular flexibility index (Phi) is 5.84. The van der Waals surface area contributed by atoms with Crippen molar-refractivity contribution in [2.45, 2.75) is 37.0 Å². The summed E-state index contributed by atoms with van der Waals surface area (Å²) >= 11 is 0. The average molecular weight is 444 g/mol. The van der Waals surface area contributed by atoms with Gasteiger partial charge in [-0.25, -0.2) is 8.78 Å². The third-order valence-electron chi connectivity index (χ3n) is 7.28. The predicted molar refractivity (Wildman–Crippen MR) is 127 cm³/mol. The first-order valence-electron chi connectivity index (χ1n) is 11.6. The molecule has 1 amide bonds. The fourth-order valence-electron chi connectivity index (χ4n) is 5.37. The molecule has 0 unspecified atom stereocenters. The van der Waals surface area contributed by atoms with Crippen LogP contribution in [0.5, 0.6) is 0 Å². The molecular weight excluding hydrogens is 416 g/mol. The molecule has 4 heteroatoms. The van der Waals surface area contributed by atoms with Crippen molar-refractivity contribution >= 4 is 12.0 Å². The van der Waals surface area contributed by atoms with Crippen LogP contribution in [0.2, 0.25) is 0 Å². The minimum absolute atomic E-state index is 0.0537. The fourth-order valence-corrected chi connectivity index (χ4v) is 5.37. The van der Waals surface area contributed by atoms with Crippen LogP contribution in [0.25, 0.3) is 6.08 Å². The van der Waals surface area contributed by atoms with Crippen LogP contribution >= 0.6 is 0 Å². The molecular formula is C29H27F2NO. The molecule has 1 aliphatic heterocycles. The van der Waals surface area contributed by atoms with Crippen molar-refractivity contribution < 1.29 is 13.6 Å². The third-order valence-corrected chi connectivity index (χ3v) is 7.28. The first kappa shape index (κ1) is 21.6. The molecule has 33 heavy (non-hydrogen) atoms. The van der Waals surface area contributed by atoms with Crippen LogP contribution in [0, 0.1) is 11.6 Å². The number of piperidine rings is 1. The van der Waals surface area contributed by atoms with E-state index in [9.17, 15) is 13.6 Å². The Morgan fingerprint density at radius 3 is 2.03 bits per heavy atom. The van der Waals surface area contributed by atoms with Crippen molar-refractivity contribution in [2.75, 3.05) is 13.1 Å². The molecule has 1 aliphatic carbocycles. The highest BCUT2D eigenvalue weighted by atomic mass is 19.1. The molecule has 0 N–H and O–H groups in total. The topological polar surface area (TPSA) is 20.3 Å². The van der Waals surface area contributed by atoms with Crippen molar-refractivity contribution in [1.82, 2.24) is 4.90 Å². The zero-order valence-corrected chi connectivity index (χ0v) is 18.5. The van der Waals surface area contributed by atoms with Crippen LogP contribution in [0.4, 0.5) is 8.78 Å². The molecule has 2 nitrogen and oxygen atoms in total. The molecule has 0 radical (unpaired) electrons. The minimum Gasteiger partial charge on any atom is -0.343 e. The van der Waals surface area contributed by atoms with Crippen LogP contribution in [-0.2, 0) is 10.2 Å². The molecule has 1 spiro atoms. The Balaban J connectivity index is 1.26. The number of amides is 1. The lowest BCUT2D eigenvalue weighted by molar-refractivity contribution is -0.132. The molecule has 1 fully saturated rings. The maximum Gasteiger partial charge on any atom is 0.222 e. The lowest BCUT2D eigenvalue weighted by Gasteiger charge is -2.39. The van der Waals surface area contributed by atoms with Gasteiger partial charge in [-0.15, -0.1) is 0 Å². The number of carbonyl (C=O) groups excluding carboxylic acids is 1. The summed E-state index contributed by atoms with van der Waals surface area (Å²) in [5, 5.41) is 0. The van der Waals surface area contributed by atoms with Gasteiger partial charge in [-0.05, 0) is 65.8 Å². The summed E-state index contributed by atoms with van der Waals surface area (Å²) in [6.07, 6.45) is 7.40. The van der Waals surface area contributed by atoms with Gasteiger partial charge in [0.15, 0.2) is 0 Å². The van der Waals surface area contributed by atoms with E-state index in [1.807, 2.05) is 4.90 Å². The predicted octanol–water partition coefficient (Wildman–Crippen LogP) is 6.46. The van der Waals surface area contributed by atoms with Gasteiger partial charge in [0.05, 0.1) is 0 Å². The monoisotopic (exact) mass is 443 g/mol. The quantitative estimate of drug-likeness (QED) is 0.443. The van der Waals surface area contributed by atoms with Crippen molar-refractivity contribution in [1.29, 1.82) is 0 Å². The molecule has 1 heterocycles. The van der Waals surface area contributed by atoms with Crippen molar-refractivity contribution in [3.63, 3.8) is 0 Å². The number of fused-ring (bicyclic) bond motifs is 2. The number of nitrogens with zero attached hydrogens (tertiary/aromatic N) is 1. The Hall–Kier alpha value is -3.27. The third kappa shape index (κ3) is 4.35. The van der Waals surface area contributed by atoms with Gasteiger partial charge in [-0.3, -0.25) is 4.79 Å². The minimum atomic E-state index is -0.294. The van der Waals surface area contributed by atoms with Crippen LogP contribution in [0.15, 0.2) is 78.9 Å². The second-order valence-corrected chi connectivity index (χ2v) is 9.15. The zero-order chi connectivity index (χ0) is 22.8. The molecule has 3 aromatic carbocycles. The van der Waals surface area contributed by atoms with Gasteiger partial charge >= 0.3 is 0 Å². The van der Waals surface area contributed by atoms with Gasteiger partial charge in [-0.1, -0.05) is 60.7 Å². The maximum absolute atomic E-state index is 13.5. The molecule has 5 rings (SSSR count). The fraction of sp³-hybridized carbons (Fsp3) is 0.276. The van der Waals surface area contributed by atoms with Gasteiger partial charge in [-0.2, -0.15) is 0 Å². The Morgan fingerprint density at radius 1 is 0.848 bits per heavy atom. The van der Waals surface area contributed by atoms with Crippen LogP contribution in [0.3, 0.4) is 0 Å². The van der Waals surface area contributed by atoms with Crippen LogP contribution < -0.4 is 0 Å². The van der Waals surface area contributed by atoms with Gasteiger partial charge < -0.3 is 4.90 Å². The lowest BCUT2D eigenvalue weighted by atomic mass is 9.74. The second-order valence-electron chi connectivity index (χ2n) is 9.15. The summed E-state index contributed by atoms with van der Waals surface area (Å²) in [5.41, 5.74) is 4.59. The van der Waals surface area contributed by atoms with Gasteiger partial charge in [0.1, 0.15) is 11.6 Å². The summed E-state index contributed by atoms with van der Waals surface area (Å²) in [6.45, 7) is 1.49. The Labute approximate surface area is 193 Å². The smallest absolute Gasteiger partial charge is 0.222 e. The summed E-state index contributed by atoms with van der Waals surface area (Å²) in [6, 6.07) is 21.3. The van der Waals surface area contributed by atoms with E-state index in [1.165, 1.54) is 35.4 Å². The largest absolute Gasteiger partial charge is 0.343 e. The first-order chi connectivity index (χ1) is 16.0. The lowest BCUT2D eigenvalue weighted by Crippen LogP contribution is -2.44. The van der Waals surface area contributed by atoms with E-state index in [4.69, 9.17) is 0 Å². The standard InChI is InChI=1S/C29H27F2NO/c30-24-9-5-21(6-10-24)26(22-7-11-25(31)12-8-22)13-14-28(33)32-19-17-29(18-20-32)16-15-23-3-1-2-4-27(23)29/h1-12,15-16,26H,13-14,17-20H2. The molecule has 0 saturated carbocycles. The highest BCUT2D eigenvalue weighted by Crippen LogP contribution is 2.43. The number of rotatable bonds is 5. The molecule has 3 aromatic rings. The van der Waals surface area contributed by atoms with E-state index < -0.39 is 0 Å². The maximum atomic E-state index is 13.5. The Bertz CT molecular complexity index is 1110. The average Bonchev–Trinajstić information content (AvgIpc) is 3.20. The summed E-state index contributed by atoms with van der Waals surface area (Å²) < 4.78 is 26.9. The number of hydrogen-bond acceptors (Lipinski definition) is 1. The molecule has 168 valence electrons. The van der Waals surface area contributed by atoms with E-state index in [0.717, 1.165) is 37.1 Å². The number of carbonyl (C=O) groups is 1. The highest BCUT2D eigenvalue weighted by Gasteiger charge is 2.38. The van der Waals surface area contributed by atoms with E-state index >= 15 is 0 Å². The summed E-state index contributed by atoms with van der Waals surface area (Å²) in [4.78, 5) is 15.1. The van der Waals surface area contributed by atoms with Crippen LogP contribution in [0.1, 0.15) is 53.9 Å². The van der Waals surface area contributed by atoms with Crippen molar-refractivity contribution in [2.24, 2.45) is 0 Å². The summed E-state index contributed by atoms with van der Waals surface area (Å²) in [7, 11) is 0. The van der Waals surface area contributed by atoms with E-state index in [2.05, 4.69) is 36.4 Å². The number of allylic oxidation sites excluding steroid dienone is 1. The van der Waals surface area contributed by atoms with E-state index in [0.29, 0.717) is 12.8 Å². The SMILES string of the molecule is O=C(CCC(c1ccc(F)cc1)c1ccc(F)cc1)N1CCC2(C=Cc3ccccc32)CC1. The second kappa shape index (κ2) is 8.93. The molecule has 0 atom stereocenters. The molecule has 1 saturated heterocycles. The van der Waals surface area contributed by atoms with E-state index in [1.54, 1.807) is 24.3 Å². The highest BCUT2D eigenvalue weighted by molar-refractivity contribution is 5.77. The number of likely N-dealkylation sites (tertiary alicyclic amines) is 1. The van der Waals surface area contributed by atoms with E-state index in [-0.39, 0.29) is 28.9 Å². The van der Waals surface area contributed by atoms with Crippen molar-refractivity contribution in [3.05, 3.63) is 113 Å². The molecule has 0 bridgehead atoms. The summed E-state index contributed by atoms with van der Waals surface area (Å²) in [5.74, 6) is -0.528. The van der Waals surface area contributed by atoms with Gasteiger partial charge in [0.2, 0.25) is 5.91 Å². The first-order valence-corrected chi connectivity index (χ1v) is 11.6. The van der Waals surface area contributed by atoms with Gasteiger partial charge in [0.25, 0.3) is 0 Å². The van der Waals surface area contributed by atoms with Gasteiger partial charge in [0, 0.05) is 30.8 Å².